The fourth-order valence-electron chi connectivity index (χ4n) is 3.17. The molecule has 0 atom stereocenters. The first-order chi connectivity index (χ1) is 13.3. The Kier molecular flexibility index (Phi) is 4.88. The van der Waals surface area contributed by atoms with Crippen LogP contribution in [-0.4, -0.2) is 17.9 Å². The topological polar surface area (TPSA) is 45.3 Å². The number of para-hydroxylation sites is 2. The lowest BCUT2D eigenvalue weighted by molar-refractivity contribution is -0.107. The SMILES string of the molecule is O=CN(CCc1c[nH]c2ccccc12)c1cccc(Oc2ccccc2)c1. The molecular weight excluding hydrogens is 336 g/mol. The van der Waals surface area contributed by atoms with Gasteiger partial charge in [-0.25, -0.2) is 0 Å². The van der Waals surface area contributed by atoms with Crippen LogP contribution >= 0.6 is 0 Å². The molecule has 4 nitrogen and oxygen atoms in total. The number of ether oxygens (including phenoxy) is 1. The van der Waals surface area contributed by atoms with Gasteiger partial charge in [-0.3, -0.25) is 4.79 Å². The first kappa shape index (κ1) is 16.9. The molecule has 4 rings (SSSR count). The van der Waals surface area contributed by atoms with Gasteiger partial charge in [-0.05, 0) is 42.3 Å². The summed E-state index contributed by atoms with van der Waals surface area (Å²) in [7, 11) is 0. The van der Waals surface area contributed by atoms with Crippen LogP contribution in [0.5, 0.6) is 11.5 Å². The number of H-pyrrole nitrogens is 1. The van der Waals surface area contributed by atoms with Crippen LogP contribution in [0.3, 0.4) is 0 Å². The highest BCUT2D eigenvalue weighted by Crippen LogP contribution is 2.26. The average Bonchev–Trinajstić information content (AvgIpc) is 3.13. The molecule has 4 heteroatoms. The number of hydrogen-bond acceptors (Lipinski definition) is 2. The van der Waals surface area contributed by atoms with E-state index in [4.69, 9.17) is 4.74 Å². The predicted octanol–water partition coefficient (Wildman–Crippen LogP) is 5.17. The van der Waals surface area contributed by atoms with Crippen LogP contribution in [0.25, 0.3) is 10.9 Å². The molecular formula is C23H20N2O2. The van der Waals surface area contributed by atoms with Gasteiger partial charge in [0, 0.05) is 35.4 Å². The molecule has 1 amide bonds. The maximum atomic E-state index is 11.7. The van der Waals surface area contributed by atoms with Crippen molar-refractivity contribution in [2.45, 2.75) is 6.42 Å². The van der Waals surface area contributed by atoms with Crippen molar-refractivity contribution in [3.8, 4) is 11.5 Å². The first-order valence-electron chi connectivity index (χ1n) is 8.93. The second-order valence-corrected chi connectivity index (χ2v) is 6.32. The van der Waals surface area contributed by atoms with Gasteiger partial charge in [0.15, 0.2) is 0 Å². The Morgan fingerprint density at radius 1 is 0.889 bits per heavy atom. The Bertz CT molecular complexity index is 1040. The van der Waals surface area contributed by atoms with E-state index in [1.54, 1.807) is 4.90 Å². The van der Waals surface area contributed by atoms with Crippen LogP contribution in [0.15, 0.2) is 85.1 Å². The van der Waals surface area contributed by atoms with Gasteiger partial charge in [0.2, 0.25) is 6.41 Å². The summed E-state index contributed by atoms with van der Waals surface area (Å²) in [5.41, 5.74) is 3.14. The third kappa shape index (κ3) is 3.85. The van der Waals surface area contributed by atoms with Gasteiger partial charge in [-0.15, -0.1) is 0 Å². The van der Waals surface area contributed by atoms with Crippen LogP contribution in [0.2, 0.25) is 0 Å². The summed E-state index contributed by atoms with van der Waals surface area (Å²) < 4.78 is 5.87. The molecule has 0 aliphatic heterocycles. The monoisotopic (exact) mass is 356 g/mol. The number of hydrogen-bond donors (Lipinski definition) is 1. The van der Waals surface area contributed by atoms with E-state index in [-0.39, 0.29) is 0 Å². The maximum absolute atomic E-state index is 11.7. The first-order valence-corrected chi connectivity index (χ1v) is 8.93. The normalized spacial score (nSPS) is 10.7. The molecule has 0 aliphatic carbocycles. The van der Waals surface area contributed by atoms with E-state index >= 15 is 0 Å². The number of rotatable bonds is 7. The van der Waals surface area contributed by atoms with Crippen molar-refractivity contribution >= 4 is 23.0 Å². The van der Waals surface area contributed by atoms with Gasteiger partial charge in [0.1, 0.15) is 11.5 Å². The molecule has 0 bridgehead atoms. The number of fused-ring (bicyclic) bond motifs is 1. The second-order valence-electron chi connectivity index (χ2n) is 6.32. The summed E-state index contributed by atoms with van der Waals surface area (Å²) in [6.07, 6.45) is 3.66. The quantitative estimate of drug-likeness (QED) is 0.465. The van der Waals surface area contributed by atoms with E-state index in [9.17, 15) is 4.79 Å². The van der Waals surface area contributed by atoms with E-state index < -0.39 is 0 Å². The highest BCUT2D eigenvalue weighted by Gasteiger charge is 2.09. The molecule has 4 aromatic rings. The zero-order valence-corrected chi connectivity index (χ0v) is 14.8. The van der Waals surface area contributed by atoms with Gasteiger partial charge in [-0.1, -0.05) is 42.5 Å². The molecule has 3 aromatic carbocycles. The molecule has 0 aliphatic rings. The number of carbonyl (C=O) groups is 1. The summed E-state index contributed by atoms with van der Waals surface area (Å²) >= 11 is 0. The summed E-state index contributed by atoms with van der Waals surface area (Å²) in [5, 5.41) is 1.20. The third-order valence-corrected chi connectivity index (χ3v) is 4.55. The lowest BCUT2D eigenvalue weighted by Crippen LogP contribution is -2.23. The number of nitrogens with one attached hydrogen (secondary N) is 1. The molecule has 0 spiro atoms. The van der Waals surface area contributed by atoms with E-state index in [0.717, 1.165) is 29.8 Å². The summed E-state index contributed by atoms with van der Waals surface area (Å²) in [5.74, 6) is 1.48. The molecule has 0 radical (unpaired) electrons. The van der Waals surface area contributed by atoms with Gasteiger partial charge in [0.05, 0.1) is 0 Å². The van der Waals surface area contributed by atoms with Crippen molar-refractivity contribution < 1.29 is 9.53 Å². The fraction of sp³-hybridized carbons (Fsp3) is 0.0870. The average molecular weight is 356 g/mol. The lowest BCUT2D eigenvalue weighted by Gasteiger charge is -2.18. The van der Waals surface area contributed by atoms with E-state index in [1.165, 1.54) is 10.9 Å². The standard InChI is InChI=1S/C23H20N2O2/c26-17-25(14-13-18-16-24-23-12-5-4-11-22(18)23)19-7-6-10-21(15-19)27-20-8-2-1-3-9-20/h1-12,15-17,24H,13-14H2. The molecule has 1 heterocycles. The van der Waals surface area contributed by atoms with Crippen LogP contribution in [-0.2, 0) is 11.2 Å². The number of aromatic nitrogens is 1. The zero-order chi connectivity index (χ0) is 18.5. The Balaban J connectivity index is 1.49. The fourth-order valence-corrected chi connectivity index (χ4v) is 3.17. The summed E-state index contributed by atoms with van der Waals surface area (Å²) in [4.78, 5) is 16.7. The molecule has 27 heavy (non-hydrogen) atoms. The van der Waals surface area contributed by atoms with Gasteiger partial charge >= 0.3 is 0 Å². The van der Waals surface area contributed by atoms with E-state index in [2.05, 4.69) is 17.1 Å². The van der Waals surface area contributed by atoms with Crippen LogP contribution in [0.1, 0.15) is 5.56 Å². The Hall–Kier alpha value is -3.53. The molecule has 1 N–H and O–H groups in total. The number of benzene rings is 3. The van der Waals surface area contributed by atoms with Crippen molar-refractivity contribution in [1.29, 1.82) is 0 Å². The Labute approximate surface area is 158 Å². The lowest BCUT2D eigenvalue weighted by atomic mass is 10.1. The van der Waals surface area contributed by atoms with Gasteiger partial charge in [0.25, 0.3) is 0 Å². The maximum Gasteiger partial charge on any atom is 0.214 e. The van der Waals surface area contributed by atoms with Crippen LogP contribution in [0, 0.1) is 0 Å². The number of anilines is 1. The zero-order valence-electron chi connectivity index (χ0n) is 14.8. The summed E-state index contributed by atoms with van der Waals surface area (Å²) in [6.45, 7) is 0.597. The van der Waals surface area contributed by atoms with E-state index in [0.29, 0.717) is 12.3 Å². The molecule has 0 unspecified atom stereocenters. The molecule has 0 fully saturated rings. The van der Waals surface area contributed by atoms with Crippen molar-refractivity contribution in [1.82, 2.24) is 4.98 Å². The van der Waals surface area contributed by atoms with Gasteiger partial charge < -0.3 is 14.6 Å². The summed E-state index contributed by atoms with van der Waals surface area (Å²) in [6, 6.07) is 25.4. The highest BCUT2D eigenvalue weighted by atomic mass is 16.5. The van der Waals surface area contributed by atoms with Crippen molar-refractivity contribution in [3.63, 3.8) is 0 Å². The van der Waals surface area contributed by atoms with Crippen molar-refractivity contribution in [3.05, 3.63) is 90.6 Å². The smallest absolute Gasteiger partial charge is 0.214 e. The number of aromatic amines is 1. The second kappa shape index (κ2) is 7.79. The molecule has 134 valence electrons. The largest absolute Gasteiger partial charge is 0.457 e. The van der Waals surface area contributed by atoms with Crippen LogP contribution in [0.4, 0.5) is 5.69 Å². The minimum atomic E-state index is 0.597. The van der Waals surface area contributed by atoms with E-state index in [1.807, 2.05) is 72.9 Å². The minimum Gasteiger partial charge on any atom is -0.457 e. The molecule has 0 saturated heterocycles. The number of amides is 1. The Morgan fingerprint density at radius 2 is 1.67 bits per heavy atom. The predicted molar refractivity (Wildman–Crippen MR) is 108 cm³/mol. The van der Waals surface area contributed by atoms with Crippen LogP contribution < -0.4 is 9.64 Å². The minimum absolute atomic E-state index is 0.597. The van der Waals surface area contributed by atoms with Crippen molar-refractivity contribution in [2.75, 3.05) is 11.4 Å². The van der Waals surface area contributed by atoms with Crippen molar-refractivity contribution in [2.24, 2.45) is 0 Å². The van der Waals surface area contributed by atoms with Gasteiger partial charge in [-0.2, -0.15) is 0 Å². The highest BCUT2D eigenvalue weighted by molar-refractivity contribution is 5.83. The number of carbonyl (C=O) groups excluding carboxylic acids is 1. The molecule has 0 saturated carbocycles. The molecule has 1 aromatic heterocycles. The third-order valence-electron chi connectivity index (χ3n) is 4.55. The number of nitrogens with zero attached hydrogens (tertiary/aromatic N) is 1. The Morgan fingerprint density at radius 3 is 2.52 bits per heavy atom.